The minimum atomic E-state index is -6.72. The van der Waals surface area contributed by atoms with Gasteiger partial charge in [0, 0.05) is 18.1 Å². The molecule has 32 heavy (non-hydrogen) atoms. The number of halogens is 6. The van der Waals surface area contributed by atoms with Gasteiger partial charge in [-0.1, -0.05) is 45.4 Å². The third kappa shape index (κ3) is 12.0. The van der Waals surface area contributed by atoms with Crippen LogP contribution in [-0.2, 0) is 26.6 Å². The molecule has 0 unspecified atom stereocenters. The normalized spacial score (nSPS) is 12.9. The number of aromatic nitrogens is 1. The molecule has 0 radical (unpaired) electrons. The fourth-order valence-corrected chi connectivity index (χ4v) is 4.14. The van der Waals surface area contributed by atoms with Crippen molar-refractivity contribution in [2.75, 3.05) is 0 Å². The first-order valence-electron chi connectivity index (χ1n) is 9.86. The molecule has 0 aliphatic heterocycles. The molecule has 1 rings (SSSR count). The highest BCUT2D eigenvalue weighted by atomic mass is 32.3. The lowest BCUT2D eigenvalue weighted by Crippen LogP contribution is -2.32. The molecular formula is C18H28F6N2O4S2. The van der Waals surface area contributed by atoms with E-state index in [-0.39, 0.29) is 0 Å². The fourth-order valence-electron chi connectivity index (χ4n) is 2.43. The molecule has 0 bridgehead atoms. The van der Waals surface area contributed by atoms with Crippen LogP contribution in [0.3, 0.4) is 0 Å². The first kappa shape index (κ1) is 30.6. The van der Waals surface area contributed by atoms with E-state index in [2.05, 4.69) is 42.9 Å². The Morgan fingerprint density at radius 1 is 0.812 bits per heavy atom. The predicted molar refractivity (Wildman–Crippen MR) is 107 cm³/mol. The lowest BCUT2D eigenvalue weighted by atomic mass is 10.1. The highest BCUT2D eigenvalue weighted by Crippen LogP contribution is 2.36. The molecule has 188 valence electrons. The second kappa shape index (κ2) is 13.3. The third-order valence-corrected chi connectivity index (χ3v) is 6.80. The number of hydrogen-bond acceptors (Lipinski definition) is 4. The van der Waals surface area contributed by atoms with Crippen LogP contribution in [0.25, 0.3) is 4.13 Å². The second-order valence-electron chi connectivity index (χ2n) is 7.01. The summed E-state index contributed by atoms with van der Waals surface area (Å²) in [5, 5.41) is 0. The zero-order valence-electron chi connectivity index (χ0n) is 17.8. The number of pyridine rings is 1. The van der Waals surface area contributed by atoms with E-state index < -0.39 is 31.1 Å². The van der Waals surface area contributed by atoms with Crippen molar-refractivity contribution in [2.24, 2.45) is 0 Å². The van der Waals surface area contributed by atoms with Gasteiger partial charge in [-0.25, -0.2) is 21.4 Å². The predicted octanol–water partition coefficient (Wildman–Crippen LogP) is 5.48. The van der Waals surface area contributed by atoms with Crippen molar-refractivity contribution >= 4 is 20.0 Å². The largest absolute Gasteiger partial charge is 0.480 e. The topological polar surface area (TPSA) is 86.3 Å². The van der Waals surface area contributed by atoms with Crippen LogP contribution in [0.4, 0.5) is 26.3 Å². The minimum Gasteiger partial charge on any atom is -0.421 e. The smallest absolute Gasteiger partial charge is 0.421 e. The van der Waals surface area contributed by atoms with E-state index in [1.165, 1.54) is 63.5 Å². The number of sulfonamides is 2. The van der Waals surface area contributed by atoms with E-state index in [0.29, 0.717) is 0 Å². The van der Waals surface area contributed by atoms with Crippen LogP contribution < -0.4 is 4.57 Å². The van der Waals surface area contributed by atoms with Crippen LogP contribution >= 0.6 is 0 Å². The van der Waals surface area contributed by atoms with Crippen LogP contribution in [0.5, 0.6) is 0 Å². The summed E-state index contributed by atoms with van der Waals surface area (Å²) in [6.45, 7) is 5.61. The second-order valence-corrected chi connectivity index (χ2v) is 10.4. The van der Waals surface area contributed by atoms with Crippen molar-refractivity contribution < 1.29 is 47.7 Å². The summed E-state index contributed by atoms with van der Waals surface area (Å²) in [6.07, 6.45) is 15.6. The molecule has 0 aliphatic rings. The van der Waals surface area contributed by atoms with E-state index in [1.807, 2.05) is 0 Å². The van der Waals surface area contributed by atoms with Gasteiger partial charge in [0.05, 0.1) is 0 Å². The Balaban J connectivity index is 0.000000607. The zero-order chi connectivity index (χ0) is 25.1. The number of nitrogens with zero attached hydrogens (tertiary/aromatic N) is 2. The number of aryl methyl sites for hydroxylation is 2. The summed E-state index contributed by atoms with van der Waals surface area (Å²) in [5.74, 6) is 0. The molecule has 0 N–H and O–H groups in total. The van der Waals surface area contributed by atoms with Gasteiger partial charge in [0.2, 0.25) is 0 Å². The van der Waals surface area contributed by atoms with Gasteiger partial charge < -0.3 is 4.13 Å². The number of rotatable bonds is 11. The Kier molecular flexibility index (Phi) is 12.7. The van der Waals surface area contributed by atoms with E-state index in [4.69, 9.17) is 0 Å². The lowest BCUT2D eigenvalue weighted by molar-refractivity contribution is -0.697. The van der Waals surface area contributed by atoms with Crippen LogP contribution in [0.2, 0.25) is 0 Å². The third-order valence-electron chi connectivity index (χ3n) is 4.06. The Bertz CT molecular complexity index is 843. The van der Waals surface area contributed by atoms with Crippen LogP contribution in [0.15, 0.2) is 24.5 Å². The summed E-state index contributed by atoms with van der Waals surface area (Å²) in [4.78, 5) is 0. The quantitative estimate of drug-likeness (QED) is 0.222. The van der Waals surface area contributed by atoms with Gasteiger partial charge in [-0.15, -0.1) is 0 Å². The Morgan fingerprint density at radius 2 is 1.25 bits per heavy atom. The number of hydrogen-bond donors (Lipinski definition) is 0. The molecule has 1 aromatic heterocycles. The average molecular weight is 515 g/mol. The highest BCUT2D eigenvalue weighted by Gasteiger charge is 2.46. The molecule has 6 nitrogen and oxygen atoms in total. The van der Waals surface area contributed by atoms with Crippen molar-refractivity contribution in [1.82, 2.24) is 0 Å². The maximum atomic E-state index is 11.4. The van der Waals surface area contributed by atoms with Crippen molar-refractivity contribution in [1.29, 1.82) is 0 Å². The zero-order valence-corrected chi connectivity index (χ0v) is 19.4. The lowest BCUT2D eigenvalue weighted by Gasteiger charge is -2.22. The fraction of sp³-hybridized carbons (Fsp3) is 0.722. The first-order chi connectivity index (χ1) is 14.5. The maximum Gasteiger partial charge on any atom is 0.480 e. The number of unbranched alkanes of at least 4 members (excludes halogenated alkanes) is 7. The van der Waals surface area contributed by atoms with Crippen molar-refractivity contribution in [3.05, 3.63) is 34.2 Å². The average Bonchev–Trinajstić information content (AvgIpc) is 2.62. The summed E-state index contributed by atoms with van der Waals surface area (Å²) in [5.41, 5.74) is -11.1. The molecule has 1 aromatic rings. The molecule has 0 aromatic carbocycles. The van der Waals surface area contributed by atoms with Crippen LogP contribution in [0, 0.1) is 6.92 Å². The molecule has 0 saturated heterocycles. The molecule has 0 fully saturated rings. The minimum absolute atomic E-state index is 0.778. The SMILES string of the molecule is CCCCCCCCCC[n+]1cccc(C)c1.O=S(=O)([N-]S(=O)(=O)C(F)(F)F)C(F)(F)F. The Labute approximate surface area is 185 Å². The number of alkyl halides is 6. The molecule has 0 saturated carbocycles. The van der Waals surface area contributed by atoms with E-state index in [1.54, 1.807) is 0 Å². The monoisotopic (exact) mass is 514 g/mol. The van der Waals surface area contributed by atoms with Gasteiger partial charge in [-0.05, 0) is 19.4 Å². The van der Waals surface area contributed by atoms with Crippen LogP contribution in [-0.4, -0.2) is 27.9 Å². The Morgan fingerprint density at radius 3 is 1.66 bits per heavy atom. The van der Waals surface area contributed by atoms with Crippen molar-refractivity contribution in [2.45, 2.75) is 82.8 Å². The first-order valence-corrected chi connectivity index (χ1v) is 12.7. The molecule has 0 amide bonds. The highest BCUT2D eigenvalue weighted by molar-refractivity contribution is 8.13. The molecule has 0 aliphatic carbocycles. The summed E-state index contributed by atoms with van der Waals surface area (Å²) >= 11 is 0. The molecule has 0 atom stereocenters. The van der Waals surface area contributed by atoms with E-state index in [9.17, 15) is 43.2 Å². The standard InChI is InChI=1S/C16H28N.C2F6NO4S2/c1-3-4-5-6-7-8-9-10-13-17-14-11-12-16(2)15-17;3-1(4,5)14(10,11)9-15(12,13)2(6,7)8/h11-12,14-15H,3-10,13H2,1-2H3;/q+1;-1. The van der Waals surface area contributed by atoms with Gasteiger partial charge in [0.25, 0.3) is 0 Å². The van der Waals surface area contributed by atoms with Gasteiger partial charge >= 0.3 is 11.0 Å². The van der Waals surface area contributed by atoms with Gasteiger partial charge in [-0.3, -0.25) is 0 Å². The summed E-state index contributed by atoms with van der Waals surface area (Å²) < 4.78 is 111. The van der Waals surface area contributed by atoms with Gasteiger partial charge in [0.1, 0.15) is 6.54 Å². The van der Waals surface area contributed by atoms with Crippen molar-refractivity contribution in [3.63, 3.8) is 0 Å². The van der Waals surface area contributed by atoms with Gasteiger partial charge in [-0.2, -0.15) is 26.3 Å². The van der Waals surface area contributed by atoms with E-state index >= 15 is 0 Å². The molecular weight excluding hydrogens is 486 g/mol. The maximum absolute atomic E-state index is 11.4. The Hall–Kier alpha value is -1.41. The van der Waals surface area contributed by atoms with Crippen LogP contribution in [0.1, 0.15) is 63.9 Å². The molecule has 0 spiro atoms. The van der Waals surface area contributed by atoms with E-state index in [0.717, 1.165) is 4.13 Å². The summed E-state index contributed by atoms with van der Waals surface area (Å²) in [6, 6.07) is 4.30. The van der Waals surface area contributed by atoms with Crippen molar-refractivity contribution in [3.8, 4) is 0 Å². The molecule has 14 heteroatoms. The summed E-state index contributed by atoms with van der Waals surface area (Å²) in [7, 11) is -13.4. The van der Waals surface area contributed by atoms with Gasteiger partial charge in [0.15, 0.2) is 32.4 Å². The molecule has 1 heterocycles.